The lowest BCUT2D eigenvalue weighted by Crippen LogP contribution is -2.45. The van der Waals surface area contributed by atoms with E-state index >= 15 is 0 Å². The Bertz CT molecular complexity index is 226. The van der Waals surface area contributed by atoms with Crippen LogP contribution in [0.15, 0.2) is 0 Å². The van der Waals surface area contributed by atoms with Crippen LogP contribution in [0.4, 0.5) is 8.78 Å². The van der Waals surface area contributed by atoms with Crippen LogP contribution in [0, 0.1) is 5.92 Å². The van der Waals surface area contributed by atoms with Gasteiger partial charge in [0.2, 0.25) is 5.91 Å². The first kappa shape index (κ1) is 13.3. The van der Waals surface area contributed by atoms with Gasteiger partial charge < -0.3 is 11.1 Å². The number of piperidine rings is 1. The van der Waals surface area contributed by atoms with Crippen LogP contribution in [-0.4, -0.2) is 50.0 Å². The van der Waals surface area contributed by atoms with Crippen molar-refractivity contribution in [2.75, 3.05) is 32.7 Å². The van der Waals surface area contributed by atoms with Crippen molar-refractivity contribution in [3.63, 3.8) is 0 Å². The Kier molecular flexibility index (Phi) is 5.62. The molecule has 1 atom stereocenters. The molecule has 0 bridgehead atoms. The molecule has 0 aromatic carbocycles. The highest BCUT2D eigenvalue weighted by molar-refractivity contribution is 5.78. The number of nitrogens with one attached hydrogen (secondary N) is 1. The third-order valence-electron chi connectivity index (χ3n) is 2.72. The minimum atomic E-state index is -2.33. The average molecular weight is 235 g/mol. The molecule has 1 amide bonds. The van der Waals surface area contributed by atoms with E-state index in [0.29, 0.717) is 26.2 Å². The molecule has 1 saturated heterocycles. The second-order valence-electron chi connectivity index (χ2n) is 4.07. The van der Waals surface area contributed by atoms with E-state index in [2.05, 4.69) is 5.32 Å². The zero-order chi connectivity index (χ0) is 12.0. The van der Waals surface area contributed by atoms with E-state index in [9.17, 15) is 13.6 Å². The molecular formula is C10H19F2N3O. The van der Waals surface area contributed by atoms with Crippen LogP contribution in [0.5, 0.6) is 0 Å². The van der Waals surface area contributed by atoms with E-state index in [0.717, 1.165) is 12.8 Å². The van der Waals surface area contributed by atoms with Crippen molar-refractivity contribution in [2.24, 2.45) is 11.7 Å². The Balaban J connectivity index is 2.34. The molecule has 1 heterocycles. The SMILES string of the molecule is NCCNC(=O)C1CCCN(CC(F)F)C1. The minimum absolute atomic E-state index is 0.0654. The van der Waals surface area contributed by atoms with Crippen molar-refractivity contribution >= 4 is 5.91 Å². The van der Waals surface area contributed by atoms with Crippen LogP contribution in [0.25, 0.3) is 0 Å². The fourth-order valence-electron chi connectivity index (χ4n) is 1.97. The highest BCUT2D eigenvalue weighted by atomic mass is 19.3. The van der Waals surface area contributed by atoms with E-state index in [-0.39, 0.29) is 18.4 Å². The Morgan fingerprint density at radius 3 is 2.94 bits per heavy atom. The first-order valence-corrected chi connectivity index (χ1v) is 5.61. The van der Waals surface area contributed by atoms with Crippen LogP contribution in [-0.2, 0) is 4.79 Å². The van der Waals surface area contributed by atoms with Crippen molar-refractivity contribution in [1.82, 2.24) is 10.2 Å². The number of hydrogen-bond acceptors (Lipinski definition) is 3. The van der Waals surface area contributed by atoms with E-state index in [4.69, 9.17) is 5.73 Å². The third-order valence-corrected chi connectivity index (χ3v) is 2.72. The number of hydrogen-bond donors (Lipinski definition) is 2. The van der Waals surface area contributed by atoms with Crippen LogP contribution >= 0.6 is 0 Å². The number of rotatable bonds is 5. The zero-order valence-corrected chi connectivity index (χ0v) is 9.29. The molecule has 0 aromatic heterocycles. The van der Waals surface area contributed by atoms with E-state index in [1.807, 2.05) is 0 Å². The molecule has 0 aliphatic carbocycles. The lowest BCUT2D eigenvalue weighted by Gasteiger charge is -2.31. The van der Waals surface area contributed by atoms with Crippen molar-refractivity contribution in [2.45, 2.75) is 19.3 Å². The fourth-order valence-corrected chi connectivity index (χ4v) is 1.97. The summed E-state index contributed by atoms with van der Waals surface area (Å²) in [4.78, 5) is 13.3. The number of amides is 1. The highest BCUT2D eigenvalue weighted by Crippen LogP contribution is 2.17. The molecule has 16 heavy (non-hydrogen) atoms. The van der Waals surface area contributed by atoms with Gasteiger partial charge in [-0.15, -0.1) is 0 Å². The Morgan fingerprint density at radius 2 is 2.31 bits per heavy atom. The number of nitrogens with two attached hydrogens (primary N) is 1. The molecule has 94 valence electrons. The summed E-state index contributed by atoms with van der Waals surface area (Å²) < 4.78 is 24.4. The summed E-state index contributed by atoms with van der Waals surface area (Å²) in [5.74, 6) is -0.233. The van der Waals surface area contributed by atoms with Gasteiger partial charge in [-0.2, -0.15) is 0 Å². The van der Waals surface area contributed by atoms with Gasteiger partial charge in [0.1, 0.15) is 0 Å². The molecular weight excluding hydrogens is 216 g/mol. The second kappa shape index (κ2) is 6.75. The summed E-state index contributed by atoms with van der Waals surface area (Å²) in [7, 11) is 0. The van der Waals surface area contributed by atoms with Crippen molar-refractivity contribution in [3.05, 3.63) is 0 Å². The smallest absolute Gasteiger partial charge is 0.251 e. The maximum atomic E-state index is 12.2. The van der Waals surface area contributed by atoms with Gasteiger partial charge in [-0.3, -0.25) is 9.69 Å². The lowest BCUT2D eigenvalue weighted by molar-refractivity contribution is -0.126. The van der Waals surface area contributed by atoms with Gasteiger partial charge in [-0.1, -0.05) is 0 Å². The van der Waals surface area contributed by atoms with Gasteiger partial charge in [-0.25, -0.2) is 8.78 Å². The number of halogens is 2. The predicted molar refractivity (Wildman–Crippen MR) is 57.2 cm³/mol. The molecule has 0 radical (unpaired) electrons. The molecule has 3 N–H and O–H groups in total. The van der Waals surface area contributed by atoms with Crippen LogP contribution < -0.4 is 11.1 Å². The van der Waals surface area contributed by atoms with Gasteiger partial charge in [0, 0.05) is 19.6 Å². The molecule has 4 nitrogen and oxygen atoms in total. The van der Waals surface area contributed by atoms with E-state index < -0.39 is 6.43 Å². The molecule has 1 unspecified atom stereocenters. The lowest BCUT2D eigenvalue weighted by atomic mass is 9.97. The number of likely N-dealkylation sites (tertiary alicyclic amines) is 1. The maximum Gasteiger partial charge on any atom is 0.251 e. The van der Waals surface area contributed by atoms with Gasteiger partial charge in [-0.05, 0) is 19.4 Å². The Morgan fingerprint density at radius 1 is 1.56 bits per heavy atom. The molecule has 1 fully saturated rings. The average Bonchev–Trinajstić information content (AvgIpc) is 2.25. The first-order chi connectivity index (χ1) is 7.63. The minimum Gasteiger partial charge on any atom is -0.355 e. The topological polar surface area (TPSA) is 58.4 Å². The molecule has 1 aliphatic rings. The fraction of sp³-hybridized carbons (Fsp3) is 0.900. The van der Waals surface area contributed by atoms with Crippen molar-refractivity contribution in [3.8, 4) is 0 Å². The summed E-state index contributed by atoms with van der Waals surface area (Å²) in [6, 6.07) is 0. The van der Waals surface area contributed by atoms with E-state index in [1.54, 1.807) is 4.90 Å². The standard InChI is InChI=1S/C10H19F2N3O/c11-9(12)7-15-5-1-2-8(6-15)10(16)14-4-3-13/h8-9H,1-7,13H2,(H,14,16). The molecule has 0 saturated carbocycles. The summed E-state index contributed by atoms with van der Waals surface area (Å²) in [6.45, 7) is 1.70. The monoisotopic (exact) mass is 235 g/mol. The number of alkyl halides is 2. The molecule has 6 heteroatoms. The largest absolute Gasteiger partial charge is 0.355 e. The Labute approximate surface area is 94.2 Å². The van der Waals surface area contributed by atoms with Gasteiger partial charge in [0.05, 0.1) is 12.5 Å². The van der Waals surface area contributed by atoms with Crippen molar-refractivity contribution < 1.29 is 13.6 Å². The van der Waals surface area contributed by atoms with Gasteiger partial charge in [0.25, 0.3) is 6.43 Å². The number of carbonyl (C=O) groups is 1. The number of carbonyl (C=O) groups excluding carboxylic acids is 1. The van der Waals surface area contributed by atoms with Crippen LogP contribution in [0.1, 0.15) is 12.8 Å². The maximum absolute atomic E-state index is 12.2. The number of nitrogens with zero attached hydrogens (tertiary/aromatic N) is 1. The molecule has 0 aromatic rings. The second-order valence-corrected chi connectivity index (χ2v) is 4.07. The van der Waals surface area contributed by atoms with Crippen LogP contribution in [0.2, 0.25) is 0 Å². The molecule has 1 aliphatic heterocycles. The summed E-state index contributed by atoms with van der Waals surface area (Å²) in [5.41, 5.74) is 5.28. The predicted octanol–water partition coefficient (Wildman–Crippen LogP) is 0.0384. The summed E-state index contributed by atoms with van der Waals surface area (Å²) in [6.07, 6.45) is -0.755. The summed E-state index contributed by atoms with van der Waals surface area (Å²) in [5, 5.41) is 2.70. The molecule has 1 rings (SSSR count). The van der Waals surface area contributed by atoms with Crippen LogP contribution in [0.3, 0.4) is 0 Å². The third kappa shape index (κ3) is 4.40. The quantitative estimate of drug-likeness (QED) is 0.707. The van der Waals surface area contributed by atoms with Gasteiger partial charge >= 0.3 is 0 Å². The Hall–Kier alpha value is -0.750. The normalized spacial score (nSPS) is 22.4. The van der Waals surface area contributed by atoms with Gasteiger partial charge in [0.15, 0.2) is 0 Å². The van der Waals surface area contributed by atoms with E-state index in [1.165, 1.54) is 0 Å². The zero-order valence-electron chi connectivity index (χ0n) is 9.29. The first-order valence-electron chi connectivity index (χ1n) is 5.61. The summed E-state index contributed by atoms with van der Waals surface area (Å²) >= 11 is 0. The highest BCUT2D eigenvalue weighted by Gasteiger charge is 2.26. The molecule has 0 spiro atoms. The van der Waals surface area contributed by atoms with Crippen molar-refractivity contribution in [1.29, 1.82) is 0 Å².